The molecule has 0 radical (unpaired) electrons. The van der Waals surface area contributed by atoms with Crippen molar-refractivity contribution < 1.29 is 34.9 Å². The first-order chi connectivity index (χ1) is 3.18. The Balaban J connectivity index is -0.0000000600. The Labute approximate surface area is 99.7 Å². The van der Waals surface area contributed by atoms with Crippen LogP contribution in [-0.2, 0) is 24.3 Å². The van der Waals surface area contributed by atoms with Crippen LogP contribution in [0.4, 0.5) is 0 Å². The summed E-state index contributed by atoms with van der Waals surface area (Å²) in [7, 11) is 0. The molecule has 7 heteroatoms. The molecule has 0 fully saturated rings. The van der Waals surface area contributed by atoms with Gasteiger partial charge in [0.2, 0.25) is 0 Å². The summed E-state index contributed by atoms with van der Waals surface area (Å²) in [6.45, 7) is 0. The topological polar surface area (TPSA) is 94.8 Å². The molecular formula is C3H10NNaO3SZn. The first-order valence-corrected chi connectivity index (χ1v) is 2.41. The summed E-state index contributed by atoms with van der Waals surface area (Å²) in [5, 5.41) is 8.01. The minimum Gasteiger partial charge on any atom is 0 e. The number of nitrogens with two attached hydrogens (primary N) is 1. The Morgan fingerprint density at radius 3 is 2.00 bits per heavy atom. The quantitative estimate of drug-likeness (QED) is 0.372. The van der Waals surface area contributed by atoms with Gasteiger partial charge in [-0.1, -0.05) is 0 Å². The molecule has 0 saturated carbocycles. The Kier molecular flexibility index (Phi) is 29.2. The molecule has 0 rings (SSSR count). The zero-order valence-electron chi connectivity index (χ0n) is 4.87. The molecule has 0 amide bonds. The van der Waals surface area contributed by atoms with Gasteiger partial charge in [0.15, 0.2) is 0 Å². The van der Waals surface area contributed by atoms with Gasteiger partial charge in [0, 0.05) is 25.2 Å². The first-order valence-electron chi connectivity index (χ1n) is 1.77. The monoisotopic (exact) mass is 227 g/mol. The SMILES string of the molecule is NC(CS)C(=O)O.O.[NaH].[Zn]. The van der Waals surface area contributed by atoms with Gasteiger partial charge in [-0.3, -0.25) is 4.79 Å². The van der Waals surface area contributed by atoms with Crippen LogP contribution in [0.3, 0.4) is 0 Å². The van der Waals surface area contributed by atoms with Crippen LogP contribution in [0.1, 0.15) is 0 Å². The molecule has 0 aliphatic rings. The second-order valence-electron chi connectivity index (χ2n) is 1.13. The predicted octanol–water partition coefficient (Wildman–Crippen LogP) is -2.15. The van der Waals surface area contributed by atoms with E-state index in [-0.39, 0.29) is 60.3 Å². The van der Waals surface area contributed by atoms with Gasteiger partial charge >= 0.3 is 35.5 Å². The normalized spacial score (nSPS) is 9.40. The van der Waals surface area contributed by atoms with E-state index in [1.165, 1.54) is 0 Å². The summed E-state index contributed by atoms with van der Waals surface area (Å²) in [5.41, 5.74) is 4.94. The number of rotatable bonds is 2. The summed E-state index contributed by atoms with van der Waals surface area (Å²) in [4.78, 5) is 9.76. The number of hydrogen-bond acceptors (Lipinski definition) is 3. The van der Waals surface area contributed by atoms with E-state index < -0.39 is 12.0 Å². The van der Waals surface area contributed by atoms with E-state index in [0.29, 0.717) is 0 Å². The maximum absolute atomic E-state index is 9.76. The average Bonchev–Trinajstić information content (AvgIpc) is 1.65. The third kappa shape index (κ3) is 12.1. The Bertz CT molecular complexity index is 86.1. The Hall–Kier alpha value is 1.36. The average molecular weight is 229 g/mol. The summed E-state index contributed by atoms with van der Waals surface area (Å²) in [5.74, 6) is -0.815. The van der Waals surface area contributed by atoms with Gasteiger partial charge < -0.3 is 16.3 Å². The third-order valence-corrected chi connectivity index (χ3v) is 0.907. The van der Waals surface area contributed by atoms with E-state index in [1.54, 1.807) is 0 Å². The fraction of sp³-hybridized carbons (Fsp3) is 0.667. The van der Waals surface area contributed by atoms with Crippen molar-refractivity contribution in [2.75, 3.05) is 5.75 Å². The Morgan fingerprint density at radius 1 is 1.70 bits per heavy atom. The van der Waals surface area contributed by atoms with Crippen molar-refractivity contribution in [3.63, 3.8) is 0 Å². The number of thiol groups is 1. The number of carboxylic acids is 1. The second-order valence-corrected chi connectivity index (χ2v) is 1.49. The number of aliphatic carboxylic acids is 1. The van der Waals surface area contributed by atoms with E-state index in [2.05, 4.69) is 12.6 Å². The molecule has 54 valence electrons. The van der Waals surface area contributed by atoms with E-state index in [4.69, 9.17) is 10.8 Å². The molecule has 1 unspecified atom stereocenters. The van der Waals surface area contributed by atoms with Crippen LogP contribution in [0.25, 0.3) is 0 Å². The van der Waals surface area contributed by atoms with Gasteiger partial charge in [0.1, 0.15) is 6.04 Å². The molecule has 0 aromatic heterocycles. The third-order valence-electron chi connectivity index (χ3n) is 0.514. The van der Waals surface area contributed by atoms with Crippen molar-refractivity contribution in [2.45, 2.75) is 6.04 Å². The van der Waals surface area contributed by atoms with Gasteiger partial charge in [0.05, 0.1) is 0 Å². The molecule has 5 N–H and O–H groups in total. The fourth-order valence-corrected chi connectivity index (χ4v) is 0.234. The van der Waals surface area contributed by atoms with Crippen molar-refractivity contribution in [1.29, 1.82) is 0 Å². The van der Waals surface area contributed by atoms with E-state index >= 15 is 0 Å². The van der Waals surface area contributed by atoms with Crippen LogP contribution in [-0.4, -0.2) is 57.9 Å². The predicted molar refractivity (Wildman–Crippen MR) is 40.2 cm³/mol. The van der Waals surface area contributed by atoms with E-state index in [0.717, 1.165) is 0 Å². The van der Waals surface area contributed by atoms with E-state index in [9.17, 15) is 4.79 Å². The summed E-state index contributed by atoms with van der Waals surface area (Å²) in [6.07, 6.45) is 0. The molecule has 0 aromatic rings. The fourth-order valence-electron chi connectivity index (χ4n) is 0.0781. The molecule has 0 bridgehead atoms. The first kappa shape index (κ1) is 22.5. The van der Waals surface area contributed by atoms with Crippen molar-refractivity contribution in [3.8, 4) is 0 Å². The van der Waals surface area contributed by atoms with Crippen LogP contribution in [0.2, 0.25) is 0 Å². The number of hydrogen-bond donors (Lipinski definition) is 3. The molecule has 1 atom stereocenters. The maximum Gasteiger partial charge on any atom is 0 e. The minimum absolute atomic E-state index is 0. The molecule has 0 saturated heterocycles. The standard InChI is InChI=1S/C3H7NO2S.Na.H2O.Zn.H/c4-2(1-7)3(5)6;;;;/h2,7H,1,4H2,(H,5,6);;1H2;;. The van der Waals surface area contributed by atoms with Crippen molar-refractivity contribution in [3.05, 3.63) is 0 Å². The van der Waals surface area contributed by atoms with Gasteiger partial charge in [0.25, 0.3) is 0 Å². The molecule has 0 aliphatic heterocycles. The van der Waals surface area contributed by atoms with Crippen LogP contribution < -0.4 is 5.73 Å². The van der Waals surface area contributed by atoms with Gasteiger partial charge in [-0.15, -0.1) is 0 Å². The summed E-state index contributed by atoms with van der Waals surface area (Å²) in [6, 6.07) is -0.816. The molecule has 10 heavy (non-hydrogen) atoms. The Morgan fingerprint density at radius 2 is 2.00 bits per heavy atom. The molecule has 0 spiro atoms. The van der Waals surface area contributed by atoms with Crippen molar-refractivity contribution in [2.24, 2.45) is 5.73 Å². The van der Waals surface area contributed by atoms with Crippen LogP contribution in [0.5, 0.6) is 0 Å². The number of carbonyl (C=O) groups is 1. The van der Waals surface area contributed by atoms with Crippen molar-refractivity contribution in [1.82, 2.24) is 0 Å². The molecule has 0 aliphatic carbocycles. The molecule has 0 aromatic carbocycles. The molecule has 4 nitrogen and oxygen atoms in total. The van der Waals surface area contributed by atoms with Crippen LogP contribution in [0.15, 0.2) is 0 Å². The summed E-state index contributed by atoms with van der Waals surface area (Å²) >= 11 is 3.65. The van der Waals surface area contributed by atoms with Crippen LogP contribution in [0, 0.1) is 0 Å². The smallest absolute Gasteiger partial charge is 0 e. The summed E-state index contributed by atoms with van der Waals surface area (Å²) < 4.78 is 0. The van der Waals surface area contributed by atoms with Crippen LogP contribution >= 0.6 is 12.6 Å². The van der Waals surface area contributed by atoms with Crippen molar-refractivity contribution >= 4 is 48.2 Å². The molecule has 0 heterocycles. The van der Waals surface area contributed by atoms with Gasteiger partial charge in [-0.2, -0.15) is 12.6 Å². The largest absolute Gasteiger partial charge is 0 e. The van der Waals surface area contributed by atoms with Gasteiger partial charge in [-0.25, -0.2) is 0 Å². The maximum atomic E-state index is 9.76. The zero-order chi connectivity index (χ0) is 5.86. The zero-order valence-corrected chi connectivity index (χ0v) is 8.73. The van der Waals surface area contributed by atoms with E-state index in [1.807, 2.05) is 0 Å². The van der Waals surface area contributed by atoms with Gasteiger partial charge in [-0.05, 0) is 0 Å². The number of carboxylic acid groups (broad SMARTS) is 1. The second kappa shape index (κ2) is 13.0. The minimum atomic E-state index is -1.00. The molecular weight excluding hydrogens is 218 g/mol.